The molecule has 15 heavy (non-hydrogen) atoms. The Hall–Kier alpha value is 0.0738. The Morgan fingerprint density at radius 1 is 0.800 bits per heavy atom. The molecule has 0 spiro atoms. The normalized spacial score (nSPS) is 17.6. The van der Waals surface area contributed by atoms with Gasteiger partial charge in [0, 0.05) is 0 Å². The van der Waals surface area contributed by atoms with Crippen LogP contribution in [0.3, 0.4) is 0 Å². The Bertz CT molecular complexity index is 177. The molecule has 0 saturated carbocycles. The van der Waals surface area contributed by atoms with Crippen LogP contribution in [0.2, 0.25) is 0 Å². The molecular formula is C4H14O9Si2. The summed E-state index contributed by atoms with van der Waals surface area (Å²) in [4.78, 5) is 36.2. The van der Waals surface area contributed by atoms with E-state index in [0.717, 1.165) is 0 Å². The lowest BCUT2D eigenvalue weighted by Gasteiger charge is -2.29. The van der Waals surface area contributed by atoms with E-state index in [4.69, 9.17) is 39.6 Å². The fourth-order valence-electron chi connectivity index (χ4n) is 0.595. The van der Waals surface area contributed by atoms with Crippen molar-refractivity contribution in [3.05, 3.63) is 0 Å². The topological polar surface area (TPSA) is 171 Å². The maximum Gasteiger partial charge on any atom is 0.520 e. The van der Waals surface area contributed by atoms with E-state index < -0.39 is 42.3 Å². The first kappa shape index (κ1) is 15.1. The minimum Gasteiger partial charge on any atom is -0.394 e. The maximum atomic E-state index is 9.05. The lowest BCUT2D eigenvalue weighted by Crippen LogP contribution is -2.65. The average molecular weight is 262 g/mol. The van der Waals surface area contributed by atoms with E-state index in [2.05, 4.69) is 4.12 Å². The van der Waals surface area contributed by atoms with Crippen LogP contribution in [0.15, 0.2) is 0 Å². The van der Waals surface area contributed by atoms with E-state index in [1.165, 1.54) is 0 Å². The summed E-state index contributed by atoms with van der Waals surface area (Å²) < 4.78 is 4.01. The smallest absolute Gasteiger partial charge is 0.394 e. The number of aliphatic hydroxyl groups is 4. The highest BCUT2D eigenvalue weighted by molar-refractivity contribution is 6.73. The summed E-state index contributed by atoms with van der Waals surface area (Å²) in [5.74, 6) is 0. The van der Waals surface area contributed by atoms with Crippen LogP contribution in [-0.2, 0) is 4.12 Å². The molecule has 2 atom stereocenters. The summed E-state index contributed by atoms with van der Waals surface area (Å²) in [5, 5.41) is 34.5. The van der Waals surface area contributed by atoms with Crippen LogP contribution in [0.5, 0.6) is 0 Å². The zero-order valence-corrected chi connectivity index (χ0v) is 9.55. The van der Waals surface area contributed by atoms with E-state index in [9.17, 15) is 0 Å². The first-order valence-corrected chi connectivity index (χ1v) is 7.61. The average Bonchev–Trinajstić information content (AvgIpc) is 2.13. The van der Waals surface area contributed by atoms with E-state index in [1.807, 2.05) is 0 Å². The van der Waals surface area contributed by atoms with Gasteiger partial charge in [-0.3, -0.25) is 0 Å². The quantitative estimate of drug-likeness (QED) is 0.217. The molecule has 0 radical (unpaired) electrons. The van der Waals surface area contributed by atoms with Crippen LogP contribution in [0.1, 0.15) is 0 Å². The fourth-order valence-corrected chi connectivity index (χ4v) is 3.93. The standard InChI is InChI=1S/C4H14O9Si2/c5-1-3(7)14(9,10)13-15(11,12)4(8)2-6/h3-12H,1-2H2. The van der Waals surface area contributed by atoms with Crippen molar-refractivity contribution in [3.63, 3.8) is 0 Å². The first-order chi connectivity index (χ1) is 6.67. The van der Waals surface area contributed by atoms with Crippen molar-refractivity contribution in [1.82, 2.24) is 0 Å². The van der Waals surface area contributed by atoms with E-state index in [1.54, 1.807) is 0 Å². The van der Waals surface area contributed by atoms with Crippen LogP contribution < -0.4 is 0 Å². The number of aliphatic hydroxyl groups excluding tert-OH is 4. The second-order valence-corrected chi connectivity index (χ2v) is 7.60. The summed E-state index contributed by atoms with van der Waals surface area (Å²) in [5.41, 5.74) is -4.15. The van der Waals surface area contributed by atoms with Crippen LogP contribution in [0, 0.1) is 0 Å². The summed E-state index contributed by atoms with van der Waals surface area (Å²) in [7, 11) is -9.85. The van der Waals surface area contributed by atoms with Gasteiger partial charge in [0.2, 0.25) is 0 Å². The van der Waals surface area contributed by atoms with Gasteiger partial charge in [0.25, 0.3) is 0 Å². The van der Waals surface area contributed by atoms with E-state index in [0.29, 0.717) is 0 Å². The Kier molecular flexibility index (Phi) is 5.44. The molecule has 92 valence electrons. The van der Waals surface area contributed by atoms with Gasteiger partial charge in [-0.15, -0.1) is 0 Å². The predicted molar refractivity (Wildman–Crippen MR) is 47.7 cm³/mol. The highest BCUT2D eigenvalue weighted by Crippen LogP contribution is 2.11. The molecule has 0 aliphatic carbocycles. The van der Waals surface area contributed by atoms with Crippen molar-refractivity contribution < 1.29 is 43.7 Å². The Labute approximate surface area is 86.8 Å². The SMILES string of the molecule is OCC(O)[Si](O)(O)O[Si](O)(O)C(O)CO. The molecule has 9 nitrogen and oxygen atoms in total. The van der Waals surface area contributed by atoms with Gasteiger partial charge in [0.15, 0.2) is 0 Å². The number of hydrogen-bond acceptors (Lipinski definition) is 9. The van der Waals surface area contributed by atoms with Gasteiger partial charge in [-0.05, 0) is 0 Å². The van der Waals surface area contributed by atoms with Crippen LogP contribution in [0.4, 0.5) is 0 Å². The summed E-state index contributed by atoms with van der Waals surface area (Å²) in [6.07, 6.45) is 0. The second kappa shape index (κ2) is 5.42. The van der Waals surface area contributed by atoms with Gasteiger partial charge in [0.05, 0.1) is 13.2 Å². The number of hydrogen-bond donors (Lipinski definition) is 8. The molecule has 2 unspecified atom stereocenters. The fraction of sp³-hybridized carbons (Fsp3) is 1.00. The predicted octanol–water partition coefficient (Wildman–Crippen LogP) is -5.37. The maximum absolute atomic E-state index is 9.05. The molecule has 0 aromatic heterocycles. The van der Waals surface area contributed by atoms with Crippen molar-refractivity contribution >= 4 is 17.6 Å². The largest absolute Gasteiger partial charge is 0.520 e. The highest BCUT2D eigenvalue weighted by atomic mass is 28.5. The van der Waals surface area contributed by atoms with Gasteiger partial charge in [-0.1, -0.05) is 0 Å². The zero-order chi connectivity index (χ0) is 12.3. The van der Waals surface area contributed by atoms with Gasteiger partial charge in [-0.25, -0.2) is 0 Å². The summed E-state index contributed by atoms with van der Waals surface area (Å²) in [6.45, 7) is -2.11. The lowest BCUT2D eigenvalue weighted by atomic mass is 10.8. The van der Waals surface area contributed by atoms with E-state index >= 15 is 0 Å². The molecule has 0 fully saturated rings. The minimum absolute atomic E-state index is 1.06. The monoisotopic (exact) mass is 262 g/mol. The highest BCUT2D eigenvalue weighted by Gasteiger charge is 2.54. The Balaban J connectivity index is 4.56. The van der Waals surface area contributed by atoms with Crippen molar-refractivity contribution in [1.29, 1.82) is 0 Å². The molecular weight excluding hydrogens is 248 g/mol. The Morgan fingerprint density at radius 2 is 1.07 bits per heavy atom. The van der Waals surface area contributed by atoms with Crippen LogP contribution >= 0.6 is 0 Å². The molecule has 0 heterocycles. The van der Waals surface area contributed by atoms with Gasteiger partial charge in [0.1, 0.15) is 11.5 Å². The third kappa shape index (κ3) is 4.21. The zero-order valence-electron chi connectivity index (χ0n) is 7.55. The van der Waals surface area contributed by atoms with Crippen molar-refractivity contribution in [2.45, 2.75) is 11.5 Å². The molecule has 0 amide bonds. The summed E-state index contributed by atoms with van der Waals surface area (Å²) >= 11 is 0. The third-order valence-electron chi connectivity index (χ3n) is 1.51. The molecule has 0 saturated heterocycles. The van der Waals surface area contributed by atoms with Gasteiger partial charge >= 0.3 is 17.6 Å². The molecule has 0 aromatic rings. The molecule has 0 aliphatic heterocycles. The molecule has 0 aromatic carbocycles. The molecule has 0 bridgehead atoms. The molecule has 0 aliphatic rings. The first-order valence-electron chi connectivity index (χ1n) is 3.85. The molecule has 0 rings (SSSR count). The third-order valence-corrected chi connectivity index (χ3v) is 6.02. The van der Waals surface area contributed by atoms with Crippen LogP contribution in [0.25, 0.3) is 0 Å². The van der Waals surface area contributed by atoms with Crippen molar-refractivity contribution in [2.75, 3.05) is 13.2 Å². The van der Waals surface area contributed by atoms with Gasteiger partial charge < -0.3 is 43.7 Å². The van der Waals surface area contributed by atoms with Gasteiger partial charge in [-0.2, -0.15) is 0 Å². The summed E-state index contributed by atoms with van der Waals surface area (Å²) in [6, 6.07) is 0. The lowest BCUT2D eigenvalue weighted by molar-refractivity contribution is 0.0306. The van der Waals surface area contributed by atoms with Crippen molar-refractivity contribution in [2.24, 2.45) is 0 Å². The molecule has 11 heteroatoms. The van der Waals surface area contributed by atoms with Crippen molar-refractivity contribution in [3.8, 4) is 0 Å². The number of rotatable bonds is 6. The molecule has 8 N–H and O–H groups in total. The van der Waals surface area contributed by atoms with Crippen LogP contribution in [-0.4, -0.2) is 81.9 Å². The minimum atomic E-state index is -4.93. The van der Waals surface area contributed by atoms with E-state index in [-0.39, 0.29) is 0 Å². The second-order valence-electron chi connectivity index (χ2n) is 2.82. The Morgan fingerprint density at radius 3 is 1.27 bits per heavy atom.